The van der Waals surface area contributed by atoms with Crippen LogP contribution in [0, 0.1) is 5.41 Å². The molecule has 0 saturated heterocycles. The Morgan fingerprint density at radius 1 is 1.50 bits per heavy atom. The van der Waals surface area contributed by atoms with Gasteiger partial charge in [0.1, 0.15) is 5.69 Å². The van der Waals surface area contributed by atoms with Crippen LogP contribution in [0.5, 0.6) is 0 Å². The van der Waals surface area contributed by atoms with E-state index in [0.717, 1.165) is 24.2 Å². The number of hydrogen-bond acceptors (Lipinski definition) is 3. The molecule has 4 heteroatoms. The van der Waals surface area contributed by atoms with Crippen molar-refractivity contribution < 1.29 is 0 Å². The standard InChI is InChI=1S/C8H14N4/c1-8(2)3-5(9)7-6(4-8)10-12-11-7/h5H,3-4,9H2,1-2H3,(H,10,11,12). The van der Waals surface area contributed by atoms with Crippen LogP contribution >= 0.6 is 0 Å². The minimum absolute atomic E-state index is 0.0579. The van der Waals surface area contributed by atoms with Gasteiger partial charge in [-0.3, -0.25) is 0 Å². The van der Waals surface area contributed by atoms with Gasteiger partial charge in [-0.15, -0.1) is 0 Å². The highest BCUT2D eigenvalue weighted by atomic mass is 15.3. The molecular weight excluding hydrogens is 152 g/mol. The normalized spacial score (nSPS) is 26.8. The Morgan fingerprint density at radius 3 is 3.00 bits per heavy atom. The number of hydrogen-bond donors (Lipinski definition) is 2. The molecule has 1 aromatic rings. The molecule has 66 valence electrons. The monoisotopic (exact) mass is 166 g/mol. The van der Waals surface area contributed by atoms with Crippen LogP contribution in [-0.2, 0) is 6.42 Å². The van der Waals surface area contributed by atoms with E-state index in [2.05, 4.69) is 29.3 Å². The van der Waals surface area contributed by atoms with Gasteiger partial charge in [-0.2, -0.15) is 15.4 Å². The first-order chi connectivity index (χ1) is 5.58. The summed E-state index contributed by atoms with van der Waals surface area (Å²) in [7, 11) is 0. The van der Waals surface area contributed by atoms with Crippen LogP contribution in [-0.4, -0.2) is 15.4 Å². The summed E-state index contributed by atoms with van der Waals surface area (Å²) in [5, 5.41) is 10.8. The number of nitrogens with zero attached hydrogens (tertiary/aromatic N) is 2. The predicted octanol–water partition coefficient (Wildman–Crippen LogP) is 0.777. The molecule has 4 nitrogen and oxygen atoms in total. The highest BCUT2D eigenvalue weighted by molar-refractivity contribution is 5.18. The lowest BCUT2D eigenvalue weighted by molar-refractivity contribution is 0.278. The topological polar surface area (TPSA) is 67.6 Å². The largest absolute Gasteiger partial charge is 0.323 e. The van der Waals surface area contributed by atoms with Gasteiger partial charge >= 0.3 is 0 Å². The van der Waals surface area contributed by atoms with Crippen LogP contribution < -0.4 is 5.73 Å². The summed E-state index contributed by atoms with van der Waals surface area (Å²) in [5.74, 6) is 0. The average molecular weight is 166 g/mol. The summed E-state index contributed by atoms with van der Waals surface area (Å²) in [6, 6.07) is 0.0579. The molecule has 1 aromatic heterocycles. The summed E-state index contributed by atoms with van der Waals surface area (Å²) in [6.45, 7) is 4.43. The molecular formula is C8H14N4. The van der Waals surface area contributed by atoms with Crippen molar-refractivity contribution in [1.29, 1.82) is 0 Å². The first-order valence-corrected chi connectivity index (χ1v) is 4.24. The zero-order valence-corrected chi connectivity index (χ0v) is 7.46. The number of nitrogens with two attached hydrogens (primary N) is 1. The molecule has 0 saturated carbocycles. The van der Waals surface area contributed by atoms with Crippen LogP contribution in [0.3, 0.4) is 0 Å². The lowest BCUT2D eigenvalue weighted by atomic mass is 9.76. The molecule has 0 radical (unpaired) electrons. The van der Waals surface area contributed by atoms with E-state index in [1.165, 1.54) is 0 Å². The maximum atomic E-state index is 5.94. The first kappa shape index (κ1) is 7.73. The van der Waals surface area contributed by atoms with E-state index in [-0.39, 0.29) is 11.5 Å². The number of nitrogens with one attached hydrogen (secondary N) is 1. The van der Waals surface area contributed by atoms with Gasteiger partial charge in [-0.1, -0.05) is 13.8 Å². The lowest BCUT2D eigenvalue weighted by Crippen LogP contribution is -2.29. The van der Waals surface area contributed by atoms with Crippen LogP contribution in [0.15, 0.2) is 0 Å². The average Bonchev–Trinajstić information content (AvgIpc) is 2.31. The zero-order valence-electron chi connectivity index (χ0n) is 7.46. The van der Waals surface area contributed by atoms with Crippen LogP contribution in [0.4, 0.5) is 0 Å². The van der Waals surface area contributed by atoms with E-state index >= 15 is 0 Å². The molecule has 0 aliphatic heterocycles. The maximum Gasteiger partial charge on any atom is 0.102 e. The fourth-order valence-corrected chi connectivity index (χ4v) is 1.91. The van der Waals surface area contributed by atoms with Crippen LogP contribution in [0.25, 0.3) is 0 Å². The first-order valence-electron chi connectivity index (χ1n) is 4.24. The minimum atomic E-state index is 0.0579. The fourth-order valence-electron chi connectivity index (χ4n) is 1.91. The highest BCUT2D eigenvalue weighted by Crippen LogP contribution is 2.37. The van der Waals surface area contributed by atoms with Gasteiger partial charge in [0.15, 0.2) is 0 Å². The second kappa shape index (κ2) is 2.29. The van der Waals surface area contributed by atoms with Crippen molar-refractivity contribution in [2.24, 2.45) is 11.1 Å². The highest BCUT2D eigenvalue weighted by Gasteiger charge is 2.32. The number of fused-ring (bicyclic) bond motifs is 1. The second-order valence-electron chi connectivity index (χ2n) is 4.31. The number of H-pyrrole nitrogens is 1. The van der Waals surface area contributed by atoms with Crippen molar-refractivity contribution in [3.63, 3.8) is 0 Å². The van der Waals surface area contributed by atoms with Gasteiger partial charge in [-0.05, 0) is 18.3 Å². The molecule has 12 heavy (non-hydrogen) atoms. The fraction of sp³-hybridized carbons (Fsp3) is 0.750. The van der Waals surface area contributed by atoms with Crippen LogP contribution in [0.2, 0.25) is 0 Å². The molecule has 1 unspecified atom stereocenters. The van der Waals surface area contributed by atoms with E-state index < -0.39 is 0 Å². The molecule has 1 atom stereocenters. The molecule has 0 bridgehead atoms. The van der Waals surface area contributed by atoms with E-state index in [0.29, 0.717) is 0 Å². The summed E-state index contributed by atoms with van der Waals surface area (Å²) in [4.78, 5) is 0. The summed E-state index contributed by atoms with van der Waals surface area (Å²) in [6.07, 6.45) is 1.97. The third-order valence-electron chi connectivity index (χ3n) is 2.42. The van der Waals surface area contributed by atoms with E-state index in [1.807, 2.05) is 0 Å². The van der Waals surface area contributed by atoms with Crippen molar-refractivity contribution in [2.75, 3.05) is 0 Å². The molecule has 2 rings (SSSR count). The lowest BCUT2D eigenvalue weighted by Gasteiger charge is -2.31. The Kier molecular flexibility index (Phi) is 1.48. The molecule has 3 N–H and O–H groups in total. The number of rotatable bonds is 0. The van der Waals surface area contributed by atoms with Gasteiger partial charge < -0.3 is 5.73 Å². The number of aromatic nitrogens is 3. The Hall–Kier alpha value is -0.900. The summed E-state index contributed by atoms with van der Waals surface area (Å²) >= 11 is 0. The third-order valence-corrected chi connectivity index (χ3v) is 2.42. The molecule has 0 fully saturated rings. The van der Waals surface area contributed by atoms with Gasteiger partial charge in [0.05, 0.1) is 11.7 Å². The molecule has 0 aromatic carbocycles. The Labute approximate surface area is 71.5 Å². The third kappa shape index (κ3) is 1.12. The van der Waals surface area contributed by atoms with Gasteiger partial charge in [0.25, 0.3) is 0 Å². The molecule has 1 aliphatic carbocycles. The Balaban J connectivity index is 2.38. The van der Waals surface area contributed by atoms with E-state index in [9.17, 15) is 0 Å². The predicted molar refractivity (Wildman–Crippen MR) is 45.4 cm³/mol. The van der Waals surface area contributed by atoms with Crippen molar-refractivity contribution in [3.05, 3.63) is 11.4 Å². The molecule has 1 heterocycles. The Bertz CT molecular complexity index is 289. The van der Waals surface area contributed by atoms with Crippen molar-refractivity contribution in [1.82, 2.24) is 15.4 Å². The van der Waals surface area contributed by atoms with Crippen molar-refractivity contribution >= 4 is 0 Å². The van der Waals surface area contributed by atoms with Gasteiger partial charge in [0.2, 0.25) is 0 Å². The zero-order chi connectivity index (χ0) is 8.77. The number of aromatic amines is 1. The van der Waals surface area contributed by atoms with Crippen molar-refractivity contribution in [3.8, 4) is 0 Å². The molecule has 1 aliphatic rings. The van der Waals surface area contributed by atoms with Gasteiger partial charge in [-0.25, -0.2) is 0 Å². The summed E-state index contributed by atoms with van der Waals surface area (Å²) < 4.78 is 0. The van der Waals surface area contributed by atoms with Crippen LogP contribution in [0.1, 0.15) is 37.7 Å². The molecule has 0 spiro atoms. The smallest absolute Gasteiger partial charge is 0.102 e. The summed E-state index contributed by atoms with van der Waals surface area (Å²) in [5.41, 5.74) is 8.20. The van der Waals surface area contributed by atoms with Gasteiger partial charge in [0, 0.05) is 0 Å². The van der Waals surface area contributed by atoms with E-state index in [1.54, 1.807) is 0 Å². The minimum Gasteiger partial charge on any atom is -0.323 e. The SMILES string of the molecule is CC1(C)Cc2n[nH]nc2C(N)C1. The Morgan fingerprint density at radius 2 is 2.25 bits per heavy atom. The van der Waals surface area contributed by atoms with Crippen molar-refractivity contribution in [2.45, 2.75) is 32.7 Å². The second-order valence-corrected chi connectivity index (χ2v) is 4.31. The maximum absolute atomic E-state index is 5.94. The van der Waals surface area contributed by atoms with E-state index in [4.69, 9.17) is 5.73 Å². The molecule has 0 amide bonds. The quantitative estimate of drug-likeness (QED) is 0.598.